The van der Waals surface area contributed by atoms with Gasteiger partial charge in [-0.25, -0.2) is 9.67 Å². The molecular weight excluding hydrogens is 304 g/mol. The maximum absolute atomic E-state index is 12.7. The number of carbonyl (C=O) groups excluding carboxylic acids is 1. The number of fused-ring (bicyclic) bond motifs is 1. The predicted molar refractivity (Wildman–Crippen MR) is 93.1 cm³/mol. The number of amides is 1. The molecular formula is C18H26N4O2. The largest absolute Gasteiger partial charge is 0.391 e. The molecule has 2 aromatic heterocycles. The van der Waals surface area contributed by atoms with Crippen LogP contribution in [0.25, 0.3) is 11.0 Å². The molecule has 2 heterocycles. The van der Waals surface area contributed by atoms with Gasteiger partial charge in [0.25, 0.3) is 5.91 Å². The molecule has 0 bridgehead atoms. The molecule has 24 heavy (non-hydrogen) atoms. The normalized spacial score (nSPS) is 16.1. The predicted octanol–water partition coefficient (Wildman–Crippen LogP) is 2.64. The Labute approximate surface area is 142 Å². The quantitative estimate of drug-likeness (QED) is 0.853. The van der Waals surface area contributed by atoms with E-state index in [-0.39, 0.29) is 24.4 Å². The van der Waals surface area contributed by atoms with Crippen LogP contribution < -0.4 is 5.32 Å². The lowest BCUT2D eigenvalue weighted by Gasteiger charge is -2.15. The van der Waals surface area contributed by atoms with E-state index in [4.69, 9.17) is 4.98 Å². The SMILES string of the molecule is CC(C)C(O)CNC(=O)c1cc(C2CC2)nc2c1cnn2C(C)C. The molecule has 1 saturated carbocycles. The van der Waals surface area contributed by atoms with E-state index in [9.17, 15) is 9.90 Å². The van der Waals surface area contributed by atoms with Gasteiger partial charge in [0.05, 0.1) is 23.3 Å². The van der Waals surface area contributed by atoms with Crippen LogP contribution in [0, 0.1) is 5.92 Å². The molecule has 1 unspecified atom stereocenters. The molecule has 0 aliphatic heterocycles. The van der Waals surface area contributed by atoms with Crippen molar-refractivity contribution in [1.29, 1.82) is 0 Å². The second kappa shape index (κ2) is 6.51. The molecule has 1 amide bonds. The first-order chi connectivity index (χ1) is 11.4. The second-order valence-electron chi connectivity index (χ2n) is 7.31. The van der Waals surface area contributed by atoms with Crippen LogP contribution in [0.15, 0.2) is 12.3 Å². The highest BCUT2D eigenvalue weighted by molar-refractivity contribution is 6.05. The molecule has 130 valence electrons. The van der Waals surface area contributed by atoms with Crippen LogP contribution in [0.3, 0.4) is 0 Å². The van der Waals surface area contributed by atoms with E-state index in [1.807, 2.05) is 24.6 Å². The van der Waals surface area contributed by atoms with Gasteiger partial charge in [-0.3, -0.25) is 4.79 Å². The fourth-order valence-electron chi connectivity index (χ4n) is 2.72. The topological polar surface area (TPSA) is 80.0 Å². The molecule has 0 spiro atoms. The summed E-state index contributed by atoms with van der Waals surface area (Å²) in [6.45, 7) is 8.21. The van der Waals surface area contributed by atoms with Gasteiger partial charge >= 0.3 is 0 Å². The summed E-state index contributed by atoms with van der Waals surface area (Å²) in [6, 6.07) is 2.08. The van der Waals surface area contributed by atoms with Crippen molar-refractivity contribution in [2.45, 2.75) is 58.6 Å². The van der Waals surface area contributed by atoms with Gasteiger partial charge in [-0.2, -0.15) is 5.10 Å². The van der Waals surface area contributed by atoms with Crippen LogP contribution in [0.4, 0.5) is 0 Å². The fourth-order valence-corrected chi connectivity index (χ4v) is 2.72. The van der Waals surface area contributed by atoms with Gasteiger partial charge in [0.1, 0.15) is 0 Å². The van der Waals surface area contributed by atoms with E-state index in [1.54, 1.807) is 6.20 Å². The molecule has 1 aliphatic rings. The van der Waals surface area contributed by atoms with Crippen molar-refractivity contribution in [2.24, 2.45) is 5.92 Å². The van der Waals surface area contributed by atoms with Gasteiger partial charge in [-0.15, -0.1) is 0 Å². The molecule has 2 N–H and O–H groups in total. The number of aliphatic hydroxyl groups excluding tert-OH is 1. The number of nitrogens with one attached hydrogen (secondary N) is 1. The molecule has 6 nitrogen and oxygen atoms in total. The Morgan fingerprint density at radius 3 is 2.67 bits per heavy atom. The van der Waals surface area contributed by atoms with Gasteiger partial charge in [-0.1, -0.05) is 13.8 Å². The third-order valence-corrected chi connectivity index (χ3v) is 4.56. The van der Waals surface area contributed by atoms with Crippen LogP contribution in [-0.2, 0) is 0 Å². The average molecular weight is 330 g/mol. The summed E-state index contributed by atoms with van der Waals surface area (Å²) in [5.74, 6) is 0.387. The van der Waals surface area contributed by atoms with Gasteiger partial charge in [0, 0.05) is 24.2 Å². The minimum atomic E-state index is -0.549. The van der Waals surface area contributed by atoms with Crippen LogP contribution >= 0.6 is 0 Å². The Morgan fingerprint density at radius 1 is 1.38 bits per heavy atom. The number of rotatable bonds is 6. The molecule has 1 atom stereocenters. The summed E-state index contributed by atoms with van der Waals surface area (Å²) in [7, 11) is 0. The zero-order valence-electron chi connectivity index (χ0n) is 14.8. The van der Waals surface area contributed by atoms with E-state index in [0.717, 1.165) is 29.6 Å². The summed E-state index contributed by atoms with van der Waals surface area (Å²) in [4.78, 5) is 17.4. The van der Waals surface area contributed by atoms with Crippen LogP contribution in [0.1, 0.15) is 68.5 Å². The standard InChI is InChI=1S/C18H26N4O2/c1-10(2)16(23)9-19-18(24)13-7-15(12-5-6-12)21-17-14(13)8-20-22(17)11(3)4/h7-8,10-12,16,23H,5-6,9H2,1-4H3,(H,19,24). The summed E-state index contributed by atoms with van der Waals surface area (Å²) in [5.41, 5.74) is 2.34. The van der Waals surface area contributed by atoms with Gasteiger partial charge < -0.3 is 10.4 Å². The molecule has 6 heteroatoms. The molecule has 2 aromatic rings. The number of nitrogens with zero attached hydrogens (tertiary/aromatic N) is 3. The number of carbonyl (C=O) groups is 1. The number of aliphatic hydroxyl groups is 1. The van der Waals surface area contributed by atoms with Crippen molar-refractivity contribution in [3.8, 4) is 0 Å². The third kappa shape index (κ3) is 3.29. The van der Waals surface area contributed by atoms with Gasteiger partial charge in [0.15, 0.2) is 5.65 Å². The first kappa shape index (κ1) is 16.9. The van der Waals surface area contributed by atoms with Crippen LogP contribution in [-0.4, -0.2) is 38.4 Å². The van der Waals surface area contributed by atoms with E-state index < -0.39 is 6.10 Å². The van der Waals surface area contributed by atoms with Gasteiger partial charge in [0.2, 0.25) is 0 Å². The Morgan fingerprint density at radius 2 is 2.08 bits per heavy atom. The molecule has 0 aromatic carbocycles. The zero-order valence-corrected chi connectivity index (χ0v) is 14.8. The summed E-state index contributed by atoms with van der Waals surface area (Å²) in [5, 5.41) is 17.9. The molecule has 0 radical (unpaired) electrons. The van der Waals surface area contributed by atoms with Crippen molar-refractivity contribution in [3.05, 3.63) is 23.5 Å². The first-order valence-electron chi connectivity index (χ1n) is 8.73. The fraction of sp³-hybridized carbons (Fsp3) is 0.611. The van der Waals surface area contributed by atoms with Crippen molar-refractivity contribution in [3.63, 3.8) is 0 Å². The maximum Gasteiger partial charge on any atom is 0.252 e. The minimum Gasteiger partial charge on any atom is -0.391 e. The molecule has 1 fully saturated rings. The van der Waals surface area contributed by atoms with Crippen molar-refractivity contribution in [2.75, 3.05) is 6.54 Å². The monoisotopic (exact) mass is 330 g/mol. The maximum atomic E-state index is 12.7. The Kier molecular flexibility index (Phi) is 4.58. The van der Waals surface area contributed by atoms with E-state index >= 15 is 0 Å². The zero-order chi connectivity index (χ0) is 17.4. The summed E-state index contributed by atoms with van der Waals surface area (Å²) in [6.07, 6.45) is 3.42. The number of aromatic nitrogens is 3. The average Bonchev–Trinajstić information content (AvgIpc) is 3.30. The first-order valence-corrected chi connectivity index (χ1v) is 8.73. The van der Waals surface area contributed by atoms with Crippen molar-refractivity contribution >= 4 is 16.9 Å². The summed E-state index contributed by atoms with van der Waals surface area (Å²) < 4.78 is 1.86. The minimum absolute atomic E-state index is 0.105. The third-order valence-electron chi connectivity index (χ3n) is 4.56. The molecule has 0 saturated heterocycles. The highest BCUT2D eigenvalue weighted by Crippen LogP contribution is 2.40. The highest BCUT2D eigenvalue weighted by Gasteiger charge is 2.28. The van der Waals surface area contributed by atoms with Crippen LogP contribution in [0.5, 0.6) is 0 Å². The lowest BCUT2D eigenvalue weighted by molar-refractivity contribution is 0.0873. The number of hydrogen-bond donors (Lipinski definition) is 2. The number of pyridine rings is 1. The molecule has 3 rings (SSSR count). The summed E-state index contributed by atoms with van der Waals surface area (Å²) >= 11 is 0. The second-order valence-corrected chi connectivity index (χ2v) is 7.31. The lowest BCUT2D eigenvalue weighted by Crippen LogP contribution is -2.34. The Bertz CT molecular complexity index is 747. The Hall–Kier alpha value is -1.95. The van der Waals surface area contributed by atoms with Crippen LogP contribution in [0.2, 0.25) is 0 Å². The van der Waals surface area contributed by atoms with Gasteiger partial charge in [-0.05, 0) is 38.7 Å². The lowest BCUT2D eigenvalue weighted by atomic mass is 10.1. The van der Waals surface area contributed by atoms with Crippen molar-refractivity contribution in [1.82, 2.24) is 20.1 Å². The van der Waals surface area contributed by atoms with E-state index in [2.05, 4.69) is 24.3 Å². The van der Waals surface area contributed by atoms with E-state index in [0.29, 0.717) is 11.5 Å². The Balaban J connectivity index is 1.95. The molecule has 1 aliphatic carbocycles. The smallest absolute Gasteiger partial charge is 0.252 e. The number of hydrogen-bond acceptors (Lipinski definition) is 4. The van der Waals surface area contributed by atoms with Crippen molar-refractivity contribution < 1.29 is 9.90 Å². The van der Waals surface area contributed by atoms with E-state index in [1.165, 1.54) is 0 Å². The highest BCUT2D eigenvalue weighted by atomic mass is 16.3.